The van der Waals surface area contributed by atoms with Crippen LogP contribution >= 0.6 is 0 Å². The van der Waals surface area contributed by atoms with Crippen molar-refractivity contribution in [3.63, 3.8) is 0 Å². The number of carbonyl (C=O) groups is 1. The number of carbonyl (C=O) groups excluding carboxylic acids is 1. The topological polar surface area (TPSA) is 55.7 Å². The molecular formula is C18H25N3O3. The molecule has 24 heavy (non-hydrogen) atoms. The monoisotopic (exact) mass is 331 g/mol. The number of hydrogen-bond acceptors (Lipinski definition) is 4. The van der Waals surface area contributed by atoms with E-state index in [1.807, 2.05) is 6.07 Å². The van der Waals surface area contributed by atoms with Crippen LogP contribution in [-0.2, 0) is 22.6 Å². The molecule has 1 aromatic heterocycles. The van der Waals surface area contributed by atoms with Crippen LogP contribution in [0.2, 0.25) is 0 Å². The molecule has 6 nitrogen and oxygen atoms in total. The molecular weight excluding hydrogens is 306 g/mol. The van der Waals surface area contributed by atoms with Crippen LogP contribution in [0.3, 0.4) is 0 Å². The molecule has 0 unspecified atom stereocenters. The van der Waals surface area contributed by atoms with Gasteiger partial charge >= 0.3 is 0 Å². The van der Waals surface area contributed by atoms with E-state index in [0.717, 1.165) is 45.1 Å². The van der Waals surface area contributed by atoms with Crippen LogP contribution in [0.1, 0.15) is 12.5 Å². The van der Waals surface area contributed by atoms with Crippen LogP contribution in [0.15, 0.2) is 24.4 Å². The molecule has 1 fully saturated rings. The highest BCUT2D eigenvalue weighted by Gasteiger charge is 2.14. The maximum absolute atomic E-state index is 11.1. The van der Waals surface area contributed by atoms with Crippen LogP contribution in [0.5, 0.6) is 5.75 Å². The predicted octanol–water partition coefficient (Wildman–Crippen LogP) is 1.62. The van der Waals surface area contributed by atoms with Gasteiger partial charge in [-0.2, -0.15) is 0 Å². The summed E-state index contributed by atoms with van der Waals surface area (Å²) in [4.78, 5) is 13.5. The summed E-state index contributed by atoms with van der Waals surface area (Å²) in [5.41, 5.74) is 2.42. The van der Waals surface area contributed by atoms with E-state index in [-0.39, 0.29) is 5.91 Å². The summed E-state index contributed by atoms with van der Waals surface area (Å²) in [5.74, 6) is 0.858. The van der Waals surface area contributed by atoms with Gasteiger partial charge in [-0.1, -0.05) is 0 Å². The summed E-state index contributed by atoms with van der Waals surface area (Å²) in [7, 11) is 1.68. The van der Waals surface area contributed by atoms with Gasteiger partial charge in [-0.3, -0.25) is 9.69 Å². The average molecular weight is 331 g/mol. The summed E-state index contributed by atoms with van der Waals surface area (Å²) in [6.07, 6.45) is 3.00. The number of rotatable bonds is 6. The van der Waals surface area contributed by atoms with Crippen molar-refractivity contribution in [3.05, 3.63) is 30.0 Å². The second-order valence-electron chi connectivity index (χ2n) is 6.11. The minimum atomic E-state index is 0.00429. The van der Waals surface area contributed by atoms with E-state index in [1.54, 1.807) is 14.0 Å². The average Bonchev–Trinajstić information content (AvgIpc) is 2.92. The van der Waals surface area contributed by atoms with Gasteiger partial charge in [-0.15, -0.1) is 0 Å². The normalized spacial score (nSPS) is 15.6. The van der Waals surface area contributed by atoms with Crippen molar-refractivity contribution in [2.24, 2.45) is 0 Å². The van der Waals surface area contributed by atoms with Crippen LogP contribution in [0.25, 0.3) is 10.9 Å². The van der Waals surface area contributed by atoms with E-state index in [1.165, 1.54) is 16.5 Å². The zero-order valence-corrected chi connectivity index (χ0v) is 14.4. The molecule has 3 rings (SSSR count). The fourth-order valence-electron chi connectivity index (χ4n) is 3.12. The molecule has 130 valence electrons. The predicted molar refractivity (Wildman–Crippen MR) is 93.3 cm³/mol. The molecule has 0 aliphatic carbocycles. The van der Waals surface area contributed by atoms with Crippen molar-refractivity contribution in [2.45, 2.75) is 20.0 Å². The Balaban J connectivity index is 1.85. The Morgan fingerprint density at radius 3 is 2.83 bits per heavy atom. The van der Waals surface area contributed by atoms with E-state index in [9.17, 15) is 4.79 Å². The van der Waals surface area contributed by atoms with Gasteiger partial charge in [-0.25, -0.2) is 0 Å². The summed E-state index contributed by atoms with van der Waals surface area (Å²) in [5, 5.41) is 4.06. The van der Waals surface area contributed by atoms with Crippen molar-refractivity contribution in [1.82, 2.24) is 14.8 Å². The van der Waals surface area contributed by atoms with E-state index in [4.69, 9.17) is 9.47 Å². The summed E-state index contributed by atoms with van der Waals surface area (Å²) >= 11 is 0. The molecule has 1 amide bonds. The lowest BCUT2D eigenvalue weighted by Gasteiger charge is -2.27. The molecule has 1 aliphatic rings. The molecule has 1 aromatic carbocycles. The minimum absolute atomic E-state index is 0.00429. The zero-order valence-electron chi connectivity index (χ0n) is 14.4. The second-order valence-corrected chi connectivity index (χ2v) is 6.11. The SMILES string of the molecule is COc1ccc2c(c1)c(CCNC(C)=O)cn2CN1CCOCC1. The van der Waals surface area contributed by atoms with Crippen LogP contribution in [0, 0.1) is 0 Å². The molecule has 2 heterocycles. The quantitative estimate of drug-likeness (QED) is 0.874. The first-order valence-corrected chi connectivity index (χ1v) is 8.37. The molecule has 0 atom stereocenters. The third-order valence-corrected chi connectivity index (χ3v) is 4.40. The largest absolute Gasteiger partial charge is 0.497 e. The molecule has 2 aromatic rings. The van der Waals surface area contributed by atoms with Crippen LogP contribution in [0.4, 0.5) is 0 Å². The van der Waals surface area contributed by atoms with Crippen molar-refractivity contribution in [1.29, 1.82) is 0 Å². The molecule has 0 radical (unpaired) electrons. The van der Waals surface area contributed by atoms with Crippen molar-refractivity contribution in [3.8, 4) is 5.75 Å². The molecule has 1 saturated heterocycles. The third kappa shape index (κ3) is 3.88. The van der Waals surface area contributed by atoms with Gasteiger partial charge in [0.05, 0.1) is 27.0 Å². The third-order valence-electron chi connectivity index (χ3n) is 4.40. The lowest BCUT2D eigenvalue weighted by molar-refractivity contribution is -0.118. The van der Waals surface area contributed by atoms with Crippen LogP contribution < -0.4 is 10.1 Å². The Labute approximate surface area is 142 Å². The smallest absolute Gasteiger partial charge is 0.216 e. The van der Waals surface area contributed by atoms with E-state index < -0.39 is 0 Å². The fourth-order valence-corrected chi connectivity index (χ4v) is 3.12. The van der Waals surface area contributed by atoms with E-state index in [2.05, 4.69) is 33.1 Å². The number of aromatic nitrogens is 1. The lowest BCUT2D eigenvalue weighted by Crippen LogP contribution is -2.37. The number of fused-ring (bicyclic) bond motifs is 1. The Kier molecular flexibility index (Phi) is 5.37. The van der Waals surface area contributed by atoms with Gasteiger partial charge < -0.3 is 19.4 Å². The van der Waals surface area contributed by atoms with Gasteiger partial charge in [0.25, 0.3) is 0 Å². The molecule has 1 aliphatic heterocycles. The van der Waals surface area contributed by atoms with Crippen molar-refractivity contribution < 1.29 is 14.3 Å². The maximum atomic E-state index is 11.1. The molecule has 0 bridgehead atoms. The van der Waals surface area contributed by atoms with E-state index in [0.29, 0.717) is 6.54 Å². The first kappa shape index (κ1) is 16.8. The number of benzene rings is 1. The Morgan fingerprint density at radius 1 is 1.33 bits per heavy atom. The van der Waals surface area contributed by atoms with Gasteiger partial charge in [0.2, 0.25) is 5.91 Å². The Hall–Kier alpha value is -2.05. The van der Waals surface area contributed by atoms with Crippen LogP contribution in [-0.4, -0.2) is 55.3 Å². The van der Waals surface area contributed by atoms with Gasteiger partial charge in [0.15, 0.2) is 0 Å². The highest BCUT2D eigenvalue weighted by molar-refractivity contribution is 5.85. The van der Waals surface area contributed by atoms with Gasteiger partial charge in [-0.05, 0) is 30.2 Å². The zero-order chi connectivity index (χ0) is 16.9. The molecule has 0 saturated carbocycles. The number of morpholine rings is 1. The number of nitrogens with one attached hydrogen (secondary N) is 1. The molecule has 1 N–H and O–H groups in total. The number of amides is 1. The Bertz CT molecular complexity index is 705. The number of hydrogen-bond donors (Lipinski definition) is 1. The summed E-state index contributed by atoms with van der Waals surface area (Å²) in [6.45, 7) is 6.54. The highest BCUT2D eigenvalue weighted by atomic mass is 16.5. The number of nitrogens with zero attached hydrogens (tertiary/aromatic N) is 2. The highest BCUT2D eigenvalue weighted by Crippen LogP contribution is 2.27. The van der Waals surface area contributed by atoms with Gasteiger partial charge in [0, 0.05) is 43.7 Å². The molecule has 6 heteroatoms. The summed E-state index contributed by atoms with van der Waals surface area (Å²) < 4.78 is 13.1. The first-order chi connectivity index (χ1) is 11.7. The first-order valence-electron chi connectivity index (χ1n) is 8.37. The van der Waals surface area contributed by atoms with Crippen molar-refractivity contribution in [2.75, 3.05) is 40.0 Å². The second kappa shape index (κ2) is 7.68. The standard InChI is InChI=1S/C18H25N3O3/c1-14(22)19-6-5-15-12-21(13-20-7-9-24-10-8-20)18-4-3-16(23-2)11-17(15)18/h3-4,11-12H,5-10,13H2,1-2H3,(H,19,22). The maximum Gasteiger partial charge on any atom is 0.216 e. The fraction of sp³-hybridized carbons (Fsp3) is 0.500. The van der Waals surface area contributed by atoms with Crippen molar-refractivity contribution >= 4 is 16.8 Å². The summed E-state index contributed by atoms with van der Waals surface area (Å²) in [6, 6.07) is 6.18. The molecule has 0 spiro atoms. The lowest BCUT2D eigenvalue weighted by atomic mass is 10.1. The minimum Gasteiger partial charge on any atom is -0.497 e. The number of methoxy groups -OCH3 is 1. The number of ether oxygens (including phenoxy) is 2. The van der Waals surface area contributed by atoms with E-state index >= 15 is 0 Å². The van der Waals surface area contributed by atoms with Gasteiger partial charge in [0.1, 0.15) is 5.75 Å². The Morgan fingerprint density at radius 2 is 2.12 bits per heavy atom.